The number of nitrogens with one attached hydrogen (secondary N) is 1. The van der Waals surface area contributed by atoms with Crippen LogP contribution in [0.2, 0.25) is 0 Å². The lowest BCUT2D eigenvalue weighted by Gasteiger charge is -2.11. The molecule has 0 saturated carbocycles. The number of anilines is 1. The number of aliphatic hydroxyl groups is 1. The molecule has 5 heteroatoms. The van der Waals surface area contributed by atoms with Gasteiger partial charge in [0.25, 0.3) is 5.56 Å². The Balaban J connectivity index is 2.84. The second kappa shape index (κ2) is 4.93. The van der Waals surface area contributed by atoms with Gasteiger partial charge in [0.15, 0.2) is 0 Å². The van der Waals surface area contributed by atoms with Gasteiger partial charge in [-0.2, -0.15) is 5.10 Å². The van der Waals surface area contributed by atoms with Crippen molar-refractivity contribution in [3.05, 3.63) is 22.6 Å². The fraction of sp³-hybridized carbons (Fsp3) is 0.600. The first-order valence-corrected chi connectivity index (χ1v) is 5.01. The number of hydrogen-bond acceptors (Lipinski definition) is 4. The number of aliphatic hydroxyl groups excluding tert-OH is 1. The van der Waals surface area contributed by atoms with Crippen molar-refractivity contribution in [1.82, 2.24) is 9.78 Å². The molecule has 84 valence electrons. The lowest BCUT2D eigenvalue weighted by Crippen LogP contribution is -2.27. The molecule has 0 aromatic carbocycles. The highest BCUT2D eigenvalue weighted by atomic mass is 16.3. The van der Waals surface area contributed by atoms with Crippen molar-refractivity contribution >= 4 is 5.69 Å². The second-order valence-electron chi connectivity index (χ2n) is 3.91. The van der Waals surface area contributed by atoms with Crippen molar-refractivity contribution in [2.24, 2.45) is 0 Å². The van der Waals surface area contributed by atoms with E-state index in [1.807, 2.05) is 13.8 Å². The van der Waals surface area contributed by atoms with Gasteiger partial charge in [-0.15, -0.1) is 0 Å². The van der Waals surface area contributed by atoms with Crippen LogP contribution in [0.3, 0.4) is 0 Å². The number of hydrogen-bond donors (Lipinski definition) is 2. The predicted molar refractivity (Wildman–Crippen MR) is 58.9 cm³/mol. The summed E-state index contributed by atoms with van der Waals surface area (Å²) in [6, 6.07) is 1.74. The van der Waals surface area contributed by atoms with Gasteiger partial charge in [-0.1, -0.05) is 0 Å². The van der Waals surface area contributed by atoms with Gasteiger partial charge in [-0.05, 0) is 20.8 Å². The molecule has 0 radical (unpaired) electrons. The lowest BCUT2D eigenvalue weighted by molar-refractivity contribution is 0.166. The summed E-state index contributed by atoms with van der Waals surface area (Å²) in [7, 11) is 0. The van der Waals surface area contributed by atoms with Crippen LogP contribution in [0.25, 0.3) is 0 Å². The van der Waals surface area contributed by atoms with Crippen LogP contribution in [0.15, 0.2) is 17.1 Å². The van der Waals surface area contributed by atoms with E-state index in [-0.39, 0.29) is 18.1 Å². The van der Waals surface area contributed by atoms with E-state index in [1.54, 1.807) is 13.1 Å². The Labute approximate surface area is 88.7 Å². The van der Waals surface area contributed by atoms with E-state index < -0.39 is 6.10 Å². The first-order chi connectivity index (χ1) is 6.99. The average Bonchev–Trinajstić information content (AvgIpc) is 2.08. The van der Waals surface area contributed by atoms with Crippen LogP contribution in [0.5, 0.6) is 0 Å². The molecule has 1 atom stereocenters. The van der Waals surface area contributed by atoms with E-state index in [1.165, 1.54) is 10.7 Å². The molecule has 1 unspecified atom stereocenters. The first-order valence-electron chi connectivity index (χ1n) is 5.01. The van der Waals surface area contributed by atoms with Crippen LogP contribution in [-0.2, 0) is 6.54 Å². The Morgan fingerprint density at radius 2 is 2.20 bits per heavy atom. The van der Waals surface area contributed by atoms with E-state index in [4.69, 9.17) is 5.11 Å². The maximum absolute atomic E-state index is 11.5. The Kier molecular flexibility index (Phi) is 3.85. The molecule has 0 aliphatic carbocycles. The van der Waals surface area contributed by atoms with Gasteiger partial charge in [-0.25, -0.2) is 4.68 Å². The number of aromatic nitrogens is 2. The van der Waals surface area contributed by atoms with E-state index in [0.717, 1.165) is 0 Å². The zero-order valence-electron chi connectivity index (χ0n) is 9.27. The highest BCUT2D eigenvalue weighted by molar-refractivity contribution is 5.39. The maximum atomic E-state index is 11.5. The summed E-state index contributed by atoms with van der Waals surface area (Å²) in [5, 5.41) is 16.2. The Bertz CT molecular complexity index is 371. The first kappa shape index (κ1) is 11.7. The third-order valence-corrected chi connectivity index (χ3v) is 1.76. The quantitative estimate of drug-likeness (QED) is 0.758. The van der Waals surface area contributed by atoms with Gasteiger partial charge in [0.05, 0.1) is 24.5 Å². The Hall–Kier alpha value is -1.36. The highest BCUT2D eigenvalue weighted by Crippen LogP contribution is 2.01. The zero-order valence-corrected chi connectivity index (χ0v) is 9.27. The molecule has 0 amide bonds. The third-order valence-electron chi connectivity index (χ3n) is 1.76. The van der Waals surface area contributed by atoms with Crippen molar-refractivity contribution in [2.75, 3.05) is 5.32 Å². The molecule has 0 aliphatic heterocycles. The molecule has 0 saturated heterocycles. The van der Waals surface area contributed by atoms with Crippen LogP contribution in [0.1, 0.15) is 20.8 Å². The van der Waals surface area contributed by atoms with Crippen molar-refractivity contribution in [3.8, 4) is 0 Å². The lowest BCUT2D eigenvalue weighted by atomic mass is 10.3. The molecule has 1 heterocycles. The standard InChI is InChI=1S/C10H17N3O2/c1-7(2)12-9-4-10(15)13(11-5-9)6-8(3)14/h4-5,7-8,12,14H,6H2,1-3H3. The van der Waals surface area contributed by atoms with Crippen molar-refractivity contribution in [2.45, 2.75) is 39.5 Å². The maximum Gasteiger partial charge on any atom is 0.268 e. The summed E-state index contributed by atoms with van der Waals surface area (Å²) < 4.78 is 1.25. The van der Waals surface area contributed by atoms with Crippen LogP contribution < -0.4 is 10.9 Å². The zero-order chi connectivity index (χ0) is 11.4. The molecular formula is C10H17N3O2. The summed E-state index contributed by atoms with van der Waals surface area (Å²) in [4.78, 5) is 11.5. The predicted octanol–water partition coefficient (Wildman–Crippen LogP) is 0.444. The molecule has 0 aliphatic rings. The molecule has 5 nitrogen and oxygen atoms in total. The molecular weight excluding hydrogens is 194 g/mol. The number of nitrogens with zero attached hydrogens (tertiary/aromatic N) is 2. The van der Waals surface area contributed by atoms with E-state index in [9.17, 15) is 4.79 Å². The van der Waals surface area contributed by atoms with Crippen LogP contribution in [-0.4, -0.2) is 27.0 Å². The molecule has 1 rings (SSSR count). The molecule has 1 aromatic rings. The van der Waals surface area contributed by atoms with Crippen molar-refractivity contribution < 1.29 is 5.11 Å². The summed E-state index contributed by atoms with van der Waals surface area (Å²) in [5.41, 5.74) is 0.499. The van der Waals surface area contributed by atoms with Crippen LogP contribution >= 0.6 is 0 Å². The highest BCUT2D eigenvalue weighted by Gasteiger charge is 2.03. The van der Waals surface area contributed by atoms with Gasteiger partial charge in [0.2, 0.25) is 0 Å². The molecule has 0 bridgehead atoms. The van der Waals surface area contributed by atoms with Crippen LogP contribution in [0, 0.1) is 0 Å². The topological polar surface area (TPSA) is 67.2 Å². The van der Waals surface area contributed by atoms with E-state index in [2.05, 4.69) is 10.4 Å². The largest absolute Gasteiger partial charge is 0.391 e. The Morgan fingerprint density at radius 1 is 1.53 bits per heavy atom. The van der Waals surface area contributed by atoms with E-state index in [0.29, 0.717) is 5.69 Å². The molecule has 0 fully saturated rings. The summed E-state index contributed by atoms with van der Waals surface area (Å²) in [5.74, 6) is 0. The van der Waals surface area contributed by atoms with Gasteiger partial charge in [-0.3, -0.25) is 4.79 Å². The monoisotopic (exact) mass is 211 g/mol. The average molecular weight is 211 g/mol. The van der Waals surface area contributed by atoms with E-state index >= 15 is 0 Å². The minimum absolute atomic E-state index is 0.207. The van der Waals surface area contributed by atoms with Gasteiger partial charge < -0.3 is 10.4 Å². The molecule has 2 N–H and O–H groups in total. The minimum atomic E-state index is -0.570. The van der Waals surface area contributed by atoms with Gasteiger partial charge in [0.1, 0.15) is 0 Å². The SMILES string of the molecule is CC(O)Cn1ncc(NC(C)C)cc1=O. The fourth-order valence-corrected chi connectivity index (χ4v) is 1.23. The van der Waals surface area contributed by atoms with Gasteiger partial charge in [0, 0.05) is 12.1 Å². The van der Waals surface area contributed by atoms with Crippen molar-refractivity contribution in [1.29, 1.82) is 0 Å². The minimum Gasteiger partial charge on any atom is -0.391 e. The van der Waals surface area contributed by atoms with Crippen molar-refractivity contribution in [3.63, 3.8) is 0 Å². The van der Waals surface area contributed by atoms with Crippen LogP contribution in [0.4, 0.5) is 5.69 Å². The fourth-order valence-electron chi connectivity index (χ4n) is 1.23. The smallest absolute Gasteiger partial charge is 0.268 e. The van der Waals surface area contributed by atoms with Gasteiger partial charge >= 0.3 is 0 Å². The summed E-state index contributed by atoms with van der Waals surface area (Å²) in [6.45, 7) is 5.82. The normalized spacial score (nSPS) is 12.9. The summed E-state index contributed by atoms with van der Waals surface area (Å²) in [6.07, 6.45) is 1.02. The molecule has 15 heavy (non-hydrogen) atoms. The molecule has 1 aromatic heterocycles. The number of rotatable bonds is 4. The third kappa shape index (κ3) is 3.71. The molecule has 0 spiro atoms. The summed E-state index contributed by atoms with van der Waals surface area (Å²) >= 11 is 0. The Morgan fingerprint density at radius 3 is 2.67 bits per heavy atom. The second-order valence-corrected chi connectivity index (χ2v) is 3.91.